The molecule has 0 saturated carbocycles. The van der Waals surface area contributed by atoms with E-state index >= 15 is 0 Å². The average molecular weight is 350 g/mol. The molecule has 0 aromatic heterocycles. The molecule has 1 N–H and O–H groups in total. The summed E-state index contributed by atoms with van der Waals surface area (Å²) in [4.78, 5) is 11.1. The molecule has 1 aliphatic heterocycles. The number of benzene rings is 1. The molecule has 2 nitrogen and oxygen atoms in total. The van der Waals surface area contributed by atoms with E-state index in [1.807, 2.05) is 6.07 Å². The van der Waals surface area contributed by atoms with E-state index in [9.17, 15) is 18.0 Å². The maximum Gasteiger partial charge on any atom is 0.389 e. The highest BCUT2D eigenvalue weighted by molar-refractivity contribution is 9.09. The fourth-order valence-corrected chi connectivity index (χ4v) is 2.76. The first-order chi connectivity index (χ1) is 9.35. The number of rotatable bonds is 3. The molecule has 2 rings (SSSR count). The number of anilines is 1. The van der Waals surface area contributed by atoms with Crippen molar-refractivity contribution in [1.29, 1.82) is 0 Å². The lowest BCUT2D eigenvalue weighted by atomic mass is 10.0. The van der Waals surface area contributed by atoms with E-state index in [4.69, 9.17) is 0 Å². The zero-order chi connectivity index (χ0) is 14.8. The van der Waals surface area contributed by atoms with Gasteiger partial charge in [-0.05, 0) is 36.5 Å². The number of nitrogens with one attached hydrogen (secondary N) is 1. The van der Waals surface area contributed by atoms with Gasteiger partial charge in [0.25, 0.3) is 0 Å². The Morgan fingerprint density at radius 1 is 1.30 bits per heavy atom. The number of amides is 1. The lowest BCUT2D eigenvalue weighted by Gasteiger charge is -2.15. The second kappa shape index (κ2) is 6.16. The molecular weight excluding hydrogens is 335 g/mol. The van der Waals surface area contributed by atoms with Crippen molar-refractivity contribution >= 4 is 27.5 Å². The molecule has 0 fully saturated rings. The quantitative estimate of drug-likeness (QED) is 0.784. The molecule has 6 heteroatoms. The van der Waals surface area contributed by atoms with Crippen LogP contribution in [0.5, 0.6) is 0 Å². The van der Waals surface area contributed by atoms with Gasteiger partial charge < -0.3 is 5.32 Å². The Bertz CT molecular complexity index is 502. The van der Waals surface area contributed by atoms with Gasteiger partial charge in [-0.2, -0.15) is 13.2 Å². The van der Waals surface area contributed by atoms with Crippen LogP contribution < -0.4 is 5.32 Å². The van der Waals surface area contributed by atoms with Crippen molar-refractivity contribution in [3.63, 3.8) is 0 Å². The van der Waals surface area contributed by atoms with Gasteiger partial charge in [-0.1, -0.05) is 28.1 Å². The molecule has 1 aromatic carbocycles. The number of carbonyl (C=O) groups is 1. The number of aryl methyl sites for hydroxylation is 1. The molecule has 110 valence electrons. The van der Waals surface area contributed by atoms with Crippen LogP contribution in [0, 0.1) is 0 Å². The molecule has 1 aromatic rings. The fraction of sp³-hybridized carbons (Fsp3) is 0.500. The number of carbonyl (C=O) groups excluding carboxylic acids is 1. The Labute approximate surface area is 123 Å². The van der Waals surface area contributed by atoms with E-state index in [0.717, 1.165) is 29.7 Å². The molecule has 1 atom stereocenters. The van der Waals surface area contributed by atoms with Gasteiger partial charge in [0.1, 0.15) is 0 Å². The molecule has 1 amide bonds. The number of halogens is 4. The summed E-state index contributed by atoms with van der Waals surface area (Å²) >= 11 is 3.31. The summed E-state index contributed by atoms with van der Waals surface area (Å²) in [6.45, 7) is 0. The Hall–Kier alpha value is -1.04. The first-order valence-corrected chi connectivity index (χ1v) is 7.40. The summed E-state index contributed by atoms with van der Waals surface area (Å²) in [7, 11) is 0. The van der Waals surface area contributed by atoms with Crippen LogP contribution in [0.3, 0.4) is 0 Å². The van der Waals surface area contributed by atoms with Crippen molar-refractivity contribution in [2.75, 3.05) is 5.32 Å². The highest BCUT2D eigenvalue weighted by atomic mass is 79.9. The summed E-state index contributed by atoms with van der Waals surface area (Å²) in [6, 6.07) is 5.42. The lowest BCUT2D eigenvalue weighted by Crippen LogP contribution is -2.10. The molecule has 0 saturated heterocycles. The Balaban J connectivity index is 2.10. The van der Waals surface area contributed by atoms with Crippen LogP contribution in [0.25, 0.3) is 0 Å². The largest absolute Gasteiger partial charge is 0.389 e. The van der Waals surface area contributed by atoms with Crippen LogP contribution in [-0.4, -0.2) is 12.1 Å². The van der Waals surface area contributed by atoms with Crippen molar-refractivity contribution in [3.8, 4) is 0 Å². The fourth-order valence-electron chi connectivity index (χ4n) is 2.25. The average Bonchev–Trinajstić information content (AvgIpc) is 2.54. The van der Waals surface area contributed by atoms with Gasteiger partial charge in [0, 0.05) is 23.4 Å². The second-order valence-electron chi connectivity index (χ2n) is 4.94. The SMILES string of the molecule is O=C1CCCc2cc(C(Br)CCC(F)(F)F)ccc2N1. The van der Waals surface area contributed by atoms with Crippen molar-refractivity contribution < 1.29 is 18.0 Å². The van der Waals surface area contributed by atoms with Gasteiger partial charge >= 0.3 is 6.18 Å². The third kappa shape index (κ3) is 4.23. The summed E-state index contributed by atoms with van der Waals surface area (Å²) in [6.07, 6.45) is -2.93. The molecule has 0 bridgehead atoms. The van der Waals surface area contributed by atoms with E-state index in [0.29, 0.717) is 6.42 Å². The second-order valence-corrected chi connectivity index (χ2v) is 6.05. The first kappa shape index (κ1) is 15.4. The molecule has 0 radical (unpaired) electrons. The monoisotopic (exact) mass is 349 g/mol. The zero-order valence-electron chi connectivity index (χ0n) is 10.8. The highest BCUT2D eigenvalue weighted by Crippen LogP contribution is 2.35. The Kier molecular flexibility index (Phi) is 4.73. The van der Waals surface area contributed by atoms with E-state index in [-0.39, 0.29) is 17.2 Å². The van der Waals surface area contributed by atoms with E-state index in [1.54, 1.807) is 12.1 Å². The maximum absolute atomic E-state index is 12.2. The molecule has 1 heterocycles. The van der Waals surface area contributed by atoms with Crippen LogP contribution in [0.1, 0.15) is 41.6 Å². The van der Waals surface area contributed by atoms with Crippen LogP contribution in [0.15, 0.2) is 18.2 Å². The molecule has 0 spiro atoms. The Morgan fingerprint density at radius 3 is 2.75 bits per heavy atom. The van der Waals surface area contributed by atoms with Crippen molar-refractivity contribution in [2.24, 2.45) is 0 Å². The van der Waals surface area contributed by atoms with Crippen molar-refractivity contribution in [2.45, 2.75) is 43.1 Å². The van der Waals surface area contributed by atoms with Crippen molar-refractivity contribution in [1.82, 2.24) is 0 Å². The predicted molar refractivity (Wildman–Crippen MR) is 75.0 cm³/mol. The highest BCUT2D eigenvalue weighted by Gasteiger charge is 2.28. The maximum atomic E-state index is 12.2. The molecular formula is C14H15BrF3NO. The molecule has 0 aliphatic carbocycles. The molecule has 1 aliphatic rings. The van der Waals surface area contributed by atoms with Crippen LogP contribution in [0.4, 0.5) is 18.9 Å². The van der Waals surface area contributed by atoms with Gasteiger partial charge in [0.2, 0.25) is 5.91 Å². The normalized spacial score (nSPS) is 17.1. The van der Waals surface area contributed by atoms with Crippen LogP contribution in [-0.2, 0) is 11.2 Å². The number of hydrogen-bond acceptors (Lipinski definition) is 1. The summed E-state index contributed by atoms with van der Waals surface area (Å²) in [5.41, 5.74) is 2.58. The minimum Gasteiger partial charge on any atom is -0.326 e. The smallest absolute Gasteiger partial charge is 0.326 e. The van der Waals surface area contributed by atoms with Crippen LogP contribution >= 0.6 is 15.9 Å². The van der Waals surface area contributed by atoms with Gasteiger partial charge in [0.15, 0.2) is 0 Å². The summed E-state index contributed by atoms with van der Waals surface area (Å²) in [5, 5.41) is 2.81. The summed E-state index contributed by atoms with van der Waals surface area (Å²) in [5.74, 6) is -0.0102. The van der Waals surface area contributed by atoms with E-state index in [2.05, 4.69) is 21.2 Å². The van der Waals surface area contributed by atoms with Crippen molar-refractivity contribution in [3.05, 3.63) is 29.3 Å². The Morgan fingerprint density at radius 2 is 2.05 bits per heavy atom. The zero-order valence-corrected chi connectivity index (χ0v) is 12.4. The van der Waals surface area contributed by atoms with Crippen LogP contribution in [0.2, 0.25) is 0 Å². The number of alkyl halides is 4. The molecule has 1 unspecified atom stereocenters. The summed E-state index contributed by atoms with van der Waals surface area (Å²) < 4.78 is 36.7. The van der Waals surface area contributed by atoms with Gasteiger partial charge in [-0.25, -0.2) is 0 Å². The van der Waals surface area contributed by atoms with Gasteiger partial charge in [-0.3, -0.25) is 4.79 Å². The first-order valence-electron chi connectivity index (χ1n) is 6.48. The number of hydrogen-bond donors (Lipinski definition) is 1. The number of fused-ring (bicyclic) bond motifs is 1. The lowest BCUT2D eigenvalue weighted by molar-refractivity contribution is -0.135. The minimum atomic E-state index is -4.13. The predicted octanol–water partition coefficient (Wildman–Crippen LogP) is 4.74. The van der Waals surface area contributed by atoms with E-state index < -0.39 is 12.6 Å². The minimum absolute atomic E-state index is 0.00858. The third-order valence-electron chi connectivity index (χ3n) is 3.30. The van der Waals surface area contributed by atoms with Gasteiger partial charge in [-0.15, -0.1) is 0 Å². The topological polar surface area (TPSA) is 29.1 Å². The standard InChI is InChI=1S/C14H15BrF3NO/c15-11(6-7-14(16,17)18)9-4-5-12-10(8-9)2-1-3-13(20)19-12/h4-5,8,11H,1-3,6-7H2,(H,19,20). The van der Waals surface area contributed by atoms with E-state index in [1.165, 1.54) is 0 Å². The van der Waals surface area contributed by atoms with Gasteiger partial charge in [0.05, 0.1) is 0 Å². The third-order valence-corrected chi connectivity index (χ3v) is 4.28. The molecule has 20 heavy (non-hydrogen) atoms.